The lowest BCUT2D eigenvalue weighted by atomic mass is 10.1. The predicted octanol–water partition coefficient (Wildman–Crippen LogP) is 2.36. The summed E-state index contributed by atoms with van der Waals surface area (Å²) in [6.07, 6.45) is 0.638. The average Bonchev–Trinajstić information content (AvgIpc) is 3.14. The van der Waals surface area contributed by atoms with Gasteiger partial charge in [-0.05, 0) is 30.0 Å². The quantitative estimate of drug-likeness (QED) is 0.668. The summed E-state index contributed by atoms with van der Waals surface area (Å²) < 4.78 is 27.2. The van der Waals surface area contributed by atoms with E-state index in [1.54, 1.807) is 30.5 Å². The van der Waals surface area contributed by atoms with Gasteiger partial charge in [0.15, 0.2) is 0 Å². The molecule has 0 aliphatic rings. The number of carbonyl (C=O) groups is 2. The van der Waals surface area contributed by atoms with E-state index in [9.17, 15) is 18.0 Å². The van der Waals surface area contributed by atoms with Crippen LogP contribution < -0.4 is 15.6 Å². The molecule has 7 nitrogen and oxygen atoms in total. The maximum atomic E-state index is 12.3. The van der Waals surface area contributed by atoms with Gasteiger partial charge in [-0.25, -0.2) is 8.42 Å². The minimum absolute atomic E-state index is 0.104. The first kappa shape index (κ1) is 18.9. The van der Waals surface area contributed by atoms with Gasteiger partial charge in [-0.1, -0.05) is 32.0 Å². The molecule has 0 aliphatic heterocycles. The minimum atomic E-state index is -3.77. The van der Waals surface area contributed by atoms with Crippen molar-refractivity contribution in [1.82, 2.24) is 10.9 Å². The lowest BCUT2D eigenvalue weighted by Crippen LogP contribution is -2.44. The number of rotatable bonds is 6. The van der Waals surface area contributed by atoms with Crippen molar-refractivity contribution >= 4 is 38.9 Å². The van der Waals surface area contributed by atoms with Crippen molar-refractivity contribution in [3.63, 3.8) is 0 Å². The number of hydrogen-bond donors (Lipinski definition) is 3. The molecule has 0 aliphatic carbocycles. The Morgan fingerprint density at radius 2 is 1.84 bits per heavy atom. The van der Waals surface area contributed by atoms with Crippen LogP contribution in [-0.4, -0.2) is 20.2 Å². The Morgan fingerprint density at radius 1 is 1.12 bits per heavy atom. The van der Waals surface area contributed by atoms with Crippen molar-refractivity contribution in [2.24, 2.45) is 5.92 Å². The molecule has 1 aromatic carbocycles. The smallest absolute Gasteiger partial charge is 0.271 e. The van der Waals surface area contributed by atoms with Crippen molar-refractivity contribution in [2.75, 3.05) is 4.72 Å². The van der Waals surface area contributed by atoms with Crippen molar-refractivity contribution in [2.45, 2.75) is 24.5 Å². The molecule has 1 aromatic heterocycles. The Morgan fingerprint density at radius 3 is 2.48 bits per heavy atom. The molecular formula is C16H19N3O4S2. The second-order valence-electron chi connectivity index (χ2n) is 5.34. The van der Waals surface area contributed by atoms with Crippen LogP contribution in [0.25, 0.3) is 0 Å². The van der Waals surface area contributed by atoms with E-state index in [-0.39, 0.29) is 27.3 Å². The van der Waals surface area contributed by atoms with Gasteiger partial charge in [0.2, 0.25) is 5.91 Å². The van der Waals surface area contributed by atoms with Crippen molar-refractivity contribution in [3.8, 4) is 0 Å². The van der Waals surface area contributed by atoms with Gasteiger partial charge in [0.1, 0.15) is 4.21 Å². The highest BCUT2D eigenvalue weighted by Gasteiger charge is 2.20. The molecule has 0 radical (unpaired) electrons. The van der Waals surface area contributed by atoms with Crippen LogP contribution in [0.1, 0.15) is 30.6 Å². The number of anilines is 1. The number of benzene rings is 1. The van der Waals surface area contributed by atoms with E-state index in [1.165, 1.54) is 18.2 Å². The fraction of sp³-hybridized carbons (Fsp3) is 0.250. The molecule has 0 saturated heterocycles. The SMILES string of the molecule is CCC(C)C(=O)NNC(=O)c1ccccc1NS(=O)(=O)c1cccs1. The summed E-state index contributed by atoms with van der Waals surface area (Å²) in [7, 11) is -3.77. The van der Waals surface area contributed by atoms with Crippen molar-refractivity contribution < 1.29 is 18.0 Å². The fourth-order valence-corrected chi connectivity index (χ4v) is 3.95. The van der Waals surface area contributed by atoms with E-state index in [1.807, 2.05) is 6.92 Å². The maximum absolute atomic E-state index is 12.3. The Hall–Kier alpha value is -2.39. The van der Waals surface area contributed by atoms with E-state index in [0.29, 0.717) is 6.42 Å². The summed E-state index contributed by atoms with van der Waals surface area (Å²) in [6.45, 7) is 3.60. The highest BCUT2D eigenvalue weighted by atomic mass is 32.2. The summed E-state index contributed by atoms with van der Waals surface area (Å²) >= 11 is 1.08. The van der Waals surface area contributed by atoms with Crippen LogP contribution in [0.4, 0.5) is 5.69 Å². The third kappa shape index (κ3) is 4.80. The van der Waals surface area contributed by atoms with Crippen LogP contribution in [0.5, 0.6) is 0 Å². The van der Waals surface area contributed by atoms with Crippen LogP contribution in [0.2, 0.25) is 0 Å². The third-order valence-corrected chi connectivity index (χ3v) is 6.30. The van der Waals surface area contributed by atoms with Crippen LogP contribution in [0, 0.1) is 5.92 Å². The molecule has 2 aromatic rings. The van der Waals surface area contributed by atoms with Crippen molar-refractivity contribution in [1.29, 1.82) is 0 Å². The monoisotopic (exact) mass is 381 g/mol. The molecule has 1 unspecified atom stereocenters. The molecule has 0 spiro atoms. The molecule has 9 heteroatoms. The Bertz CT molecular complexity index is 848. The second-order valence-corrected chi connectivity index (χ2v) is 8.19. The van der Waals surface area contributed by atoms with Gasteiger partial charge < -0.3 is 0 Å². The summed E-state index contributed by atoms with van der Waals surface area (Å²) in [6, 6.07) is 9.27. The normalized spacial score (nSPS) is 12.2. The van der Waals surface area contributed by atoms with E-state index >= 15 is 0 Å². The molecule has 25 heavy (non-hydrogen) atoms. The predicted molar refractivity (Wildman–Crippen MR) is 96.6 cm³/mol. The standard InChI is InChI=1S/C16H19N3O4S2/c1-3-11(2)15(20)17-18-16(21)12-7-4-5-8-13(12)19-25(22,23)14-9-6-10-24-14/h4-11,19H,3H2,1-2H3,(H,17,20)(H,18,21). The molecule has 1 atom stereocenters. The van der Waals surface area contributed by atoms with Crippen LogP contribution in [0.3, 0.4) is 0 Å². The fourth-order valence-electron chi connectivity index (χ4n) is 1.88. The molecule has 0 fully saturated rings. The lowest BCUT2D eigenvalue weighted by Gasteiger charge is -2.14. The molecule has 1 heterocycles. The largest absolute Gasteiger partial charge is 0.278 e. The van der Waals surface area contributed by atoms with E-state index in [2.05, 4.69) is 15.6 Å². The number of para-hydroxylation sites is 1. The van der Waals surface area contributed by atoms with E-state index in [0.717, 1.165) is 11.3 Å². The average molecular weight is 381 g/mol. The summed E-state index contributed by atoms with van der Waals surface area (Å²) in [5.74, 6) is -1.17. The number of carbonyl (C=O) groups excluding carboxylic acids is 2. The first-order valence-corrected chi connectivity index (χ1v) is 9.97. The second kappa shape index (κ2) is 8.13. The Balaban J connectivity index is 2.15. The molecule has 2 rings (SSSR count). The molecular weight excluding hydrogens is 362 g/mol. The summed E-state index contributed by atoms with van der Waals surface area (Å²) in [5.41, 5.74) is 4.87. The maximum Gasteiger partial charge on any atom is 0.271 e. The Labute approximate surface area is 150 Å². The van der Waals surface area contributed by atoms with Gasteiger partial charge in [-0.2, -0.15) is 0 Å². The van der Waals surface area contributed by atoms with Gasteiger partial charge >= 0.3 is 0 Å². The lowest BCUT2D eigenvalue weighted by molar-refractivity contribution is -0.125. The topological polar surface area (TPSA) is 104 Å². The highest BCUT2D eigenvalue weighted by molar-refractivity contribution is 7.94. The summed E-state index contributed by atoms with van der Waals surface area (Å²) in [4.78, 5) is 24.0. The first-order valence-electron chi connectivity index (χ1n) is 7.60. The van der Waals surface area contributed by atoms with Gasteiger partial charge in [0, 0.05) is 5.92 Å². The highest BCUT2D eigenvalue weighted by Crippen LogP contribution is 2.22. The zero-order valence-corrected chi connectivity index (χ0v) is 15.4. The summed E-state index contributed by atoms with van der Waals surface area (Å²) in [5, 5.41) is 1.65. The van der Waals surface area contributed by atoms with Gasteiger partial charge in [-0.15, -0.1) is 11.3 Å². The van der Waals surface area contributed by atoms with Crippen LogP contribution in [-0.2, 0) is 14.8 Å². The minimum Gasteiger partial charge on any atom is -0.278 e. The molecule has 2 amide bonds. The number of thiophene rings is 1. The molecule has 134 valence electrons. The van der Waals surface area contributed by atoms with Crippen LogP contribution >= 0.6 is 11.3 Å². The molecule has 0 saturated carbocycles. The first-order chi connectivity index (χ1) is 11.8. The van der Waals surface area contributed by atoms with Gasteiger partial charge in [0.05, 0.1) is 11.3 Å². The van der Waals surface area contributed by atoms with Crippen molar-refractivity contribution in [3.05, 3.63) is 47.3 Å². The number of hydrogen-bond acceptors (Lipinski definition) is 5. The zero-order chi connectivity index (χ0) is 18.4. The number of hydrazine groups is 1. The van der Waals surface area contributed by atoms with Gasteiger partial charge in [-0.3, -0.25) is 25.2 Å². The van der Waals surface area contributed by atoms with E-state index < -0.39 is 15.9 Å². The molecule has 0 bridgehead atoms. The third-order valence-electron chi connectivity index (χ3n) is 3.54. The Kier molecular flexibility index (Phi) is 6.16. The number of amides is 2. The van der Waals surface area contributed by atoms with E-state index in [4.69, 9.17) is 0 Å². The number of nitrogens with one attached hydrogen (secondary N) is 3. The van der Waals surface area contributed by atoms with Gasteiger partial charge in [0.25, 0.3) is 15.9 Å². The molecule has 3 N–H and O–H groups in total. The number of sulfonamides is 1. The zero-order valence-electron chi connectivity index (χ0n) is 13.8. The van der Waals surface area contributed by atoms with Crippen LogP contribution in [0.15, 0.2) is 46.0 Å².